The van der Waals surface area contributed by atoms with Gasteiger partial charge in [-0.25, -0.2) is 4.39 Å². The van der Waals surface area contributed by atoms with Gasteiger partial charge in [0.05, 0.1) is 5.92 Å². The van der Waals surface area contributed by atoms with Crippen molar-refractivity contribution < 1.29 is 9.18 Å². The Morgan fingerprint density at radius 3 is 2.16 bits per heavy atom. The second-order valence-electron chi connectivity index (χ2n) is 4.24. The van der Waals surface area contributed by atoms with Crippen molar-refractivity contribution in [1.82, 2.24) is 0 Å². The second-order valence-corrected chi connectivity index (χ2v) is 5.05. The third kappa shape index (κ3) is 3.79. The Morgan fingerprint density at radius 1 is 1.05 bits per heavy atom. The van der Waals surface area contributed by atoms with Crippen LogP contribution in [0.5, 0.6) is 0 Å². The molecule has 4 heteroatoms. The van der Waals surface area contributed by atoms with Crippen molar-refractivity contribution >= 4 is 28.4 Å². The van der Waals surface area contributed by atoms with Gasteiger partial charge in [0, 0.05) is 5.02 Å². The Kier molecular flexibility index (Phi) is 4.56. The fraction of sp³-hybridized carbons (Fsp3) is 0.133. The van der Waals surface area contributed by atoms with Crippen molar-refractivity contribution in [3.8, 4) is 0 Å². The Labute approximate surface area is 121 Å². The van der Waals surface area contributed by atoms with Crippen LogP contribution in [0.1, 0.15) is 17.0 Å². The summed E-state index contributed by atoms with van der Waals surface area (Å²) in [5.41, 5.74) is 1.66. The van der Waals surface area contributed by atoms with Crippen LogP contribution in [-0.2, 0) is 11.2 Å². The number of hydrogen-bond donors (Lipinski definition) is 0. The first-order valence-corrected chi connectivity index (χ1v) is 6.51. The van der Waals surface area contributed by atoms with Gasteiger partial charge in [-0.1, -0.05) is 35.9 Å². The Hall–Kier alpha value is -1.38. The van der Waals surface area contributed by atoms with Gasteiger partial charge in [0.1, 0.15) is 5.82 Å². The minimum absolute atomic E-state index is 0.337. The zero-order valence-corrected chi connectivity index (χ0v) is 11.5. The molecule has 0 fully saturated rings. The SMILES string of the molecule is O=C(Cl)C(Cc1ccc(Cl)cc1)c1ccc(F)cc1. The van der Waals surface area contributed by atoms with Gasteiger partial charge in [-0.3, -0.25) is 4.79 Å². The average Bonchev–Trinajstić information content (AvgIpc) is 2.39. The van der Waals surface area contributed by atoms with Crippen molar-refractivity contribution in [2.24, 2.45) is 0 Å². The maximum Gasteiger partial charge on any atom is 0.229 e. The molecule has 98 valence electrons. The number of benzene rings is 2. The minimum Gasteiger partial charge on any atom is -0.281 e. The first kappa shape index (κ1) is 14.0. The zero-order valence-electron chi connectivity index (χ0n) is 9.95. The minimum atomic E-state index is -0.483. The summed E-state index contributed by atoms with van der Waals surface area (Å²) in [5, 5.41) is 0.181. The van der Waals surface area contributed by atoms with Gasteiger partial charge >= 0.3 is 0 Å². The van der Waals surface area contributed by atoms with Gasteiger partial charge in [0.2, 0.25) is 5.24 Å². The topological polar surface area (TPSA) is 17.1 Å². The van der Waals surface area contributed by atoms with Crippen LogP contribution in [0.3, 0.4) is 0 Å². The molecular formula is C15H11Cl2FO. The standard InChI is InChI=1S/C15H11Cl2FO/c16-12-5-1-10(2-6-12)9-14(15(17)19)11-3-7-13(18)8-4-11/h1-8,14H,9H2. The molecular weight excluding hydrogens is 286 g/mol. The highest BCUT2D eigenvalue weighted by molar-refractivity contribution is 6.64. The van der Waals surface area contributed by atoms with Crippen LogP contribution in [0.25, 0.3) is 0 Å². The highest BCUT2D eigenvalue weighted by Gasteiger charge is 2.19. The molecule has 2 aromatic rings. The molecule has 0 spiro atoms. The molecule has 2 aromatic carbocycles. The molecule has 0 N–H and O–H groups in total. The molecule has 1 unspecified atom stereocenters. The molecule has 0 aromatic heterocycles. The van der Waals surface area contributed by atoms with Gasteiger partial charge in [-0.2, -0.15) is 0 Å². The molecule has 0 bridgehead atoms. The third-order valence-corrected chi connectivity index (χ3v) is 3.41. The average molecular weight is 297 g/mol. The summed E-state index contributed by atoms with van der Waals surface area (Å²) < 4.78 is 12.9. The summed E-state index contributed by atoms with van der Waals surface area (Å²) in [6, 6.07) is 13.0. The van der Waals surface area contributed by atoms with E-state index in [1.165, 1.54) is 12.1 Å². The smallest absolute Gasteiger partial charge is 0.229 e. The van der Waals surface area contributed by atoms with Crippen LogP contribution < -0.4 is 0 Å². The monoisotopic (exact) mass is 296 g/mol. The van der Waals surface area contributed by atoms with E-state index in [0.717, 1.165) is 5.56 Å². The van der Waals surface area contributed by atoms with Gasteiger partial charge in [-0.05, 0) is 53.4 Å². The zero-order chi connectivity index (χ0) is 13.8. The van der Waals surface area contributed by atoms with E-state index >= 15 is 0 Å². The lowest BCUT2D eigenvalue weighted by Gasteiger charge is -2.13. The maximum absolute atomic E-state index is 12.9. The van der Waals surface area contributed by atoms with Crippen molar-refractivity contribution in [2.45, 2.75) is 12.3 Å². The first-order valence-electron chi connectivity index (χ1n) is 5.75. The van der Waals surface area contributed by atoms with Gasteiger partial charge in [-0.15, -0.1) is 0 Å². The molecule has 0 aliphatic rings. The molecule has 19 heavy (non-hydrogen) atoms. The maximum atomic E-state index is 12.9. The molecule has 0 aliphatic carbocycles. The van der Waals surface area contributed by atoms with Crippen molar-refractivity contribution in [3.05, 3.63) is 70.5 Å². The summed E-state index contributed by atoms with van der Waals surface area (Å²) in [7, 11) is 0. The first-order chi connectivity index (χ1) is 9.06. The van der Waals surface area contributed by atoms with E-state index in [4.69, 9.17) is 23.2 Å². The Bertz CT molecular complexity index is 564. The van der Waals surface area contributed by atoms with E-state index in [2.05, 4.69) is 0 Å². The molecule has 0 saturated heterocycles. The summed E-state index contributed by atoms with van der Waals surface area (Å²) in [5.74, 6) is -0.820. The predicted octanol–water partition coefficient (Wildman–Crippen LogP) is 4.57. The van der Waals surface area contributed by atoms with Crippen LogP contribution >= 0.6 is 23.2 Å². The highest BCUT2D eigenvalue weighted by atomic mass is 35.5. The number of halogens is 3. The summed E-state index contributed by atoms with van der Waals surface area (Å²) in [4.78, 5) is 11.5. The number of carbonyl (C=O) groups is 1. The lowest BCUT2D eigenvalue weighted by molar-refractivity contribution is -0.113. The second kappa shape index (κ2) is 6.18. The van der Waals surface area contributed by atoms with Crippen molar-refractivity contribution in [2.75, 3.05) is 0 Å². The van der Waals surface area contributed by atoms with E-state index in [1.807, 2.05) is 12.1 Å². The lowest BCUT2D eigenvalue weighted by atomic mass is 9.93. The van der Waals surface area contributed by atoms with Crippen LogP contribution in [0, 0.1) is 5.82 Å². The molecule has 2 rings (SSSR count). The molecule has 0 radical (unpaired) electrons. The molecule has 1 atom stereocenters. The number of hydrogen-bond acceptors (Lipinski definition) is 1. The molecule has 1 nitrogen and oxygen atoms in total. The Balaban J connectivity index is 2.23. The molecule has 0 amide bonds. The predicted molar refractivity (Wildman–Crippen MR) is 75.2 cm³/mol. The highest BCUT2D eigenvalue weighted by Crippen LogP contribution is 2.24. The fourth-order valence-corrected chi connectivity index (χ4v) is 2.21. The largest absolute Gasteiger partial charge is 0.281 e. The van der Waals surface area contributed by atoms with E-state index in [-0.39, 0.29) is 5.82 Å². The summed E-state index contributed by atoms with van der Waals surface area (Å²) in [6.45, 7) is 0. The fourth-order valence-electron chi connectivity index (χ4n) is 1.88. The third-order valence-electron chi connectivity index (χ3n) is 2.90. The van der Waals surface area contributed by atoms with Crippen LogP contribution in [0.2, 0.25) is 5.02 Å². The van der Waals surface area contributed by atoms with Crippen LogP contribution in [0.4, 0.5) is 4.39 Å². The Morgan fingerprint density at radius 2 is 1.63 bits per heavy atom. The summed E-state index contributed by atoms with van der Waals surface area (Å²) >= 11 is 11.5. The normalized spacial score (nSPS) is 12.2. The van der Waals surface area contributed by atoms with E-state index < -0.39 is 11.2 Å². The van der Waals surface area contributed by atoms with Gasteiger partial charge < -0.3 is 0 Å². The van der Waals surface area contributed by atoms with Crippen molar-refractivity contribution in [1.29, 1.82) is 0 Å². The van der Waals surface area contributed by atoms with E-state index in [0.29, 0.717) is 17.0 Å². The molecule has 0 aliphatic heterocycles. The quantitative estimate of drug-likeness (QED) is 0.755. The number of rotatable bonds is 4. The molecule has 0 heterocycles. The molecule has 0 saturated carbocycles. The van der Waals surface area contributed by atoms with Crippen molar-refractivity contribution in [3.63, 3.8) is 0 Å². The summed E-state index contributed by atoms with van der Waals surface area (Å²) in [6.07, 6.45) is 0.463. The lowest BCUT2D eigenvalue weighted by Crippen LogP contribution is -2.10. The van der Waals surface area contributed by atoms with E-state index in [9.17, 15) is 9.18 Å². The van der Waals surface area contributed by atoms with Gasteiger partial charge in [0.15, 0.2) is 0 Å². The van der Waals surface area contributed by atoms with Gasteiger partial charge in [0.25, 0.3) is 0 Å². The van der Waals surface area contributed by atoms with Crippen LogP contribution in [-0.4, -0.2) is 5.24 Å². The number of carbonyl (C=O) groups excluding carboxylic acids is 1. The van der Waals surface area contributed by atoms with Crippen LogP contribution in [0.15, 0.2) is 48.5 Å². The van der Waals surface area contributed by atoms with E-state index in [1.54, 1.807) is 24.3 Å².